The van der Waals surface area contributed by atoms with Crippen LogP contribution in [-0.4, -0.2) is 45.6 Å². The van der Waals surface area contributed by atoms with Gasteiger partial charge in [0, 0.05) is 31.1 Å². The van der Waals surface area contributed by atoms with Crippen molar-refractivity contribution < 1.29 is 14.0 Å². The predicted octanol–water partition coefficient (Wildman–Crippen LogP) is 3.23. The molecule has 0 saturated carbocycles. The first-order valence-electron chi connectivity index (χ1n) is 11.2. The van der Waals surface area contributed by atoms with Crippen molar-refractivity contribution in [3.8, 4) is 0 Å². The number of nitrogens with zero attached hydrogens (tertiary/aromatic N) is 3. The number of carbonyl (C=O) groups excluding carboxylic acids is 2. The van der Waals surface area contributed by atoms with Gasteiger partial charge in [-0.25, -0.2) is 9.07 Å². The maximum atomic E-state index is 14.0. The highest BCUT2D eigenvalue weighted by molar-refractivity contribution is 6.04. The Morgan fingerprint density at radius 2 is 1.70 bits per heavy atom. The molecule has 2 heterocycles. The molecule has 1 aromatic heterocycles. The van der Waals surface area contributed by atoms with Crippen LogP contribution in [0.15, 0.2) is 53.3 Å². The zero-order chi connectivity index (χ0) is 23.5. The van der Waals surface area contributed by atoms with Gasteiger partial charge in [-0.1, -0.05) is 44.2 Å². The number of hydrogen-bond donors (Lipinski definition) is 1. The SMILES string of the molecule is CC(C)Cn1nc(C(=O)NC2CCN(C(=O)c3ccccc3F)CC2)c2ccccc2c1=O. The van der Waals surface area contributed by atoms with Gasteiger partial charge in [0.15, 0.2) is 5.69 Å². The molecule has 2 amide bonds. The lowest BCUT2D eigenvalue weighted by atomic mass is 10.0. The molecule has 0 radical (unpaired) electrons. The number of piperidine rings is 1. The van der Waals surface area contributed by atoms with Crippen molar-refractivity contribution in [3.63, 3.8) is 0 Å². The van der Waals surface area contributed by atoms with Gasteiger partial charge >= 0.3 is 0 Å². The molecule has 1 saturated heterocycles. The van der Waals surface area contributed by atoms with E-state index in [9.17, 15) is 18.8 Å². The Bertz CT molecular complexity index is 1250. The summed E-state index contributed by atoms with van der Waals surface area (Å²) < 4.78 is 15.3. The van der Waals surface area contributed by atoms with Gasteiger partial charge in [0.25, 0.3) is 17.4 Å². The van der Waals surface area contributed by atoms with E-state index in [1.807, 2.05) is 13.8 Å². The van der Waals surface area contributed by atoms with Gasteiger partial charge in [-0.2, -0.15) is 5.10 Å². The molecule has 0 aliphatic carbocycles. The molecule has 0 spiro atoms. The lowest BCUT2D eigenvalue weighted by molar-refractivity contribution is 0.0693. The van der Waals surface area contributed by atoms with Crippen LogP contribution >= 0.6 is 0 Å². The smallest absolute Gasteiger partial charge is 0.274 e. The first kappa shape index (κ1) is 22.6. The summed E-state index contributed by atoms with van der Waals surface area (Å²) in [6.45, 7) is 5.22. The van der Waals surface area contributed by atoms with Gasteiger partial charge in [0.05, 0.1) is 10.9 Å². The van der Waals surface area contributed by atoms with E-state index in [0.29, 0.717) is 43.2 Å². The zero-order valence-corrected chi connectivity index (χ0v) is 18.8. The normalized spacial score (nSPS) is 14.6. The minimum atomic E-state index is -0.535. The largest absolute Gasteiger partial charge is 0.348 e. The summed E-state index contributed by atoms with van der Waals surface area (Å²) in [5.74, 6) is -1.02. The molecule has 1 aliphatic heterocycles. The summed E-state index contributed by atoms with van der Waals surface area (Å²) in [6.07, 6.45) is 1.10. The molecule has 3 aromatic rings. The second-order valence-electron chi connectivity index (χ2n) is 8.80. The second kappa shape index (κ2) is 9.52. The number of fused-ring (bicyclic) bond motifs is 1. The summed E-state index contributed by atoms with van der Waals surface area (Å²) in [7, 11) is 0. The summed E-state index contributed by atoms with van der Waals surface area (Å²) >= 11 is 0. The molecule has 33 heavy (non-hydrogen) atoms. The van der Waals surface area contributed by atoms with Gasteiger partial charge in [0.2, 0.25) is 0 Å². The quantitative estimate of drug-likeness (QED) is 0.647. The lowest BCUT2D eigenvalue weighted by Crippen LogP contribution is -2.47. The third kappa shape index (κ3) is 4.79. The third-order valence-corrected chi connectivity index (χ3v) is 5.84. The first-order chi connectivity index (χ1) is 15.8. The Hall–Kier alpha value is -3.55. The van der Waals surface area contributed by atoms with Crippen LogP contribution in [-0.2, 0) is 6.54 Å². The summed E-state index contributed by atoms with van der Waals surface area (Å²) in [4.78, 5) is 40.2. The number of aromatic nitrogens is 2. The first-order valence-corrected chi connectivity index (χ1v) is 11.2. The number of likely N-dealkylation sites (tertiary alicyclic amines) is 1. The van der Waals surface area contributed by atoms with Gasteiger partial charge in [-0.3, -0.25) is 14.4 Å². The number of nitrogens with one attached hydrogen (secondary N) is 1. The predicted molar refractivity (Wildman–Crippen MR) is 124 cm³/mol. The lowest BCUT2D eigenvalue weighted by Gasteiger charge is -2.32. The monoisotopic (exact) mass is 450 g/mol. The molecule has 0 atom stereocenters. The maximum absolute atomic E-state index is 14.0. The van der Waals surface area contributed by atoms with Crippen molar-refractivity contribution in [2.75, 3.05) is 13.1 Å². The highest BCUT2D eigenvalue weighted by atomic mass is 19.1. The van der Waals surface area contributed by atoms with Crippen molar-refractivity contribution in [2.45, 2.75) is 39.3 Å². The number of carbonyl (C=O) groups is 2. The highest BCUT2D eigenvalue weighted by Gasteiger charge is 2.27. The molecule has 0 unspecified atom stereocenters. The Labute approximate surface area is 191 Å². The minimum absolute atomic E-state index is 0.0584. The molecule has 2 aromatic carbocycles. The van der Waals surface area contributed by atoms with Gasteiger partial charge in [-0.15, -0.1) is 0 Å². The van der Waals surface area contributed by atoms with Gasteiger partial charge < -0.3 is 10.2 Å². The molecule has 1 fully saturated rings. The topological polar surface area (TPSA) is 84.3 Å². The molecule has 1 N–H and O–H groups in total. The van der Waals surface area contributed by atoms with Crippen LogP contribution in [0.4, 0.5) is 4.39 Å². The number of amides is 2. The fraction of sp³-hybridized carbons (Fsp3) is 0.360. The maximum Gasteiger partial charge on any atom is 0.274 e. The Morgan fingerprint density at radius 1 is 1.06 bits per heavy atom. The summed E-state index contributed by atoms with van der Waals surface area (Å²) in [5.41, 5.74) is 0.0644. The summed E-state index contributed by atoms with van der Waals surface area (Å²) in [6, 6.07) is 12.8. The third-order valence-electron chi connectivity index (χ3n) is 5.84. The van der Waals surface area contributed by atoms with Crippen LogP contribution < -0.4 is 10.9 Å². The van der Waals surface area contributed by atoms with E-state index >= 15 is 0 Å². The molecule has 172 valence electrons. The van der Waals surface area contributed by atoms with Crippen molar-refractivity contribution in [1.29, 1.82) is 0 Å². The minimum Gasteiger partial charge on any atom is -0.348 e. The van der Waals surface area contributed by atoms with E-state index in [1.54, 1.807) is 41.3 Å². The Balaban J connectivity index is 1.48. The number of hydrogen-bond acceptors (Lipinski definition) is 4. The van der Waals surface area contributed by atoms with E-state index in [0.717, 1.165) is 0 Å². The van der Waals surface area contributed by atoms with Crippen LogP contribution in [0.3, 0.4) is 0 Å². The van der Waals surface area contributed by atoms with Crippen molar-refractivity contribution in [2.24, 2.45) is 5.92 Å². The van der Waals surface area contributed by atoms with Crippen LogP contribution in [0.1, 0.15) is 47.5 Å². The standard InChI is InChI=1S/C25H27FN4O3/c1-16(2)15-30-25(33)19-8-4-3-7-18(19)22(28-30)23(31)27-17-11-13-29(14-12-17)24(32)20-9-5-6-10-21(20)26/h3-10,16-17H,11-15H2,1-2H3,(H,27,31). The Morgan fingerprint density at radius 3 is 2.36 bits per heavy atom. The van der Waals surface area contributed by atoms with Crippen LogP contribution in [0, 0.1) is 11.7 Å². The van der Waals surface area contributed by atoms with E-state index in [4.69, 9.17) is 0 Å². The number of rotatable bonds is 5. The molecule has 0 bridgehead atoms. The molecule has 8 heteroatoms. The molecule has 7 nitrogen and oxygen atoms in total. The van der Waals surface area contributed by atoms with E-state index in [-0.39, 0.29) is 40.6 Å². The fourth-order valence-electron chi connectivity index (χ4n) is 4.16. The van der Waals surface area contributed by atoms with Crippen LogP contribution in [0.25, 0.3) is 10.8 Å². The number of halogens is 1. The molecule has 1 aliphatic rings. The zero-order valence-electron chi connectivity index (χ0n) is 18.8. The van der Waals surface area contributed by atoms with Crippen molar-refractivity contribution >= 4 is 22.6 Å². The van der Waals surface area contributed by atoms with Crippen molar-refractivity contribution in [1.82, 2.24) is 20.0 Å². The van der Waals surface area contributed by atoms with Crippen LogP contribution in [0.5, 0.6) is 0 Å². The molecule has 4 rings (SSSR count). The molecular formula is C25H27FN4O3. The van der Waals surface area contributed by atoms with Gasteiger partial charge in [-0.05, 0) is 37.0 Å². The highest BCUT2D eigenvalue weighted by Crippen LogP contribution is 2.18. The second-order valence-corrected chi connectivity index (χ2v) is 8.80. The summed E-state index contributed by atoms with van der Waals surface area (Å²) in [5, 5.41) is 8.38. The van der Waals surface area contributed by atoms with Crippen LogP contribution in [0.2, 0.25) is 0 Å². The van der Waals surface area contributed by atoms with E-state index < -0.39 is 5.82 Å². The average molecular weight is 451 g/mol. The molecular weight excluding hydrogens is 423 g/mol. The average Bonchev–Trinajstić information content (AvgIpc) is 2.81. The van der Waals surface area contributed by atoms with E-state index in [2.05, 4.69) is 10.4 Å². The van der Waals surface area contributed by atoms with Crippen molar-refractivity contribution in [3.05, 3.63) is 76.0 Å². The number of benzene rings is 2. The fourth-order valence-corrected chi connectivity index (χ4v) is 4.16. The van der Waals surface area contributed by atoms with Gasteiger partial charge in [0.1, 0.15) is 5.82 Å². The Kier molecular flexibility index (Phi) is 6.53. The van der Waals surface area contributed by atoms with E-state index in [1.165, 1.54) is 16.8 Å².